The van der Waals surface area contributed by atoms with Crippen molar-refractivity contribution in [1.29, 1.82) is 0 Å². The van der Waals surface area contributed by atoms with E-state index in [4.69, 9.17) is 20.8 Å². The third-order valence-corrected chi connectivity index (χ3v) is 13.7. The van der Waals surface area contributed by atoms with Crippen LogP contribution in [0, 0.1) is 10.1 Å². The molecule has 0 aliphatic carbocycles. The summed E-state index contributed by atoms with van der Waals surface area (Å²) in [6, 6.07) is 34.8. The number of nitrogens with two attached hydrogens (primary N) is 2. The number of carboxylic acid groups (broad SMARTS) is 1. The topological polar surface area (TPSA) is 249 Å². The number of nitro groups is 1. The maximum Gasteiger partial charge on any atom is 0.305 e. The smallest absolute Gasteiger partial charge is 0.305 e. The van der Waals surface area contributed by atoms with E-state index >= 15 is 0 Å². The van der Waals surface area contributed by atoms with Crippen LogP contribution in [0.3, 0.4) is 0 Å². The molecule has 3 fully saturated rings. The summed E-state index contributed by atoms with van der Waals surface area (Å²) in [6.07, 6.45) is 11.6. The van der Waals surface area contributed by atoms with Gasteiger partial charge in [-0.3, -0.25) is 34.1 Å². The van der Waals surface area contributed by atoms with Crippen molar-refractivity contribution in [3.63, 3.8) is 0 Å². The van der Waals surface area contributed by atoms with Crippen molar-refractivity contribution in [2.75, 3.05) is 69.6 Å². The zero-order chi connectivity index (χ0) is 61.7. The summed E-state index contributed by atoms with van der Waals surface area (Å²) in [5.74, 6) is -0.293. The van der Waals surface area contributed by atoms with Gasteiger partial charge in [0, 0.05) is 127 Å². The number of aryl methyl sites for hydroxylation is 5. The van der Waals surface area contributed by atoms with Gasteiger partial charge in [-0.25, -0.2) is 4.21 Å². The van der Waals surface area contributed by atoms with Crippen LogP contribution in [0.25, 0.3) is 0 Å². The van der Waals surface area contributed by atoms with Gasteiger partial charge in [-0.15, -0.1) is 0 Å². The van der Waals surface area contributed by atoms with Gasteiger partial charge in [-0.05, 0) is 129 Å². The van der Waals surface area contributed by atoms with E-state index in [0.29, 0.717) is 57.5 Å². The summed E-state index contributed by atoms with van der Waals surface area (Å²) >= 11 is 3.22. The second-order valence-corrected chi connectivity index (χ2v) is 22.2. The molecule has 3 saturated heterocycles. The van der Waals surface area contributed by atoms with Gasteiger partial charge in [-0.1, -0.05) is 117 Å². The number of rotatable bonds is 18. The van der Waals surface area contributed by atoms with E-state index < -0.39 is 20.1 Å². The zero-order valence-corrected chi connectivity index (χ0v) is 52.8. The minimum atomic E-state index is -1.67. The molecule has 456 valence electrons. The van der Waals surface area contributed by atoms with Crippen LogP contribution in [0.2, 0.25) is 0 Å². The lowest BCUT2D eigenvalue weighted by Crippen LogP contribution is -2.24. The number of carbonyl (C=O) groups excluding carboxylic acids is 4. The maximum atomic E-state index is 11.7. The molecule has 3 aliphatic rings. The Morgan fingerprint density at radius 1 is 0.651 bits per heavy atom. The molecule has 3 aliphatic heterocycles. The van der Waals surface area contributed by atoms with Crippen molar-refractivity contribution >= 4 is 116 Å². The molecule has 3 heterocycles. The number of carbonyl (C=O) groups is 5. The summed E-state index contributed by atoms with van der Waals surface area (Å²) in [5, 5.41) is 23.4. The molecule has 5 aromatic rings. The van der Waals surface area contributed by atoms with Crippen LogP contribution >= 0.6 is 37.3 Å². The Labute approximate surface area is 512 Å². The van der Waals surface area contributed by atoms with Crippen LogP contribution in [0.4, 0.5) is 39.8 Å². The Bertz CT molecular complexity index is 2850. The van der Waals surface area contributed by atoms with Gasteiger partial charge in [-0.2, -0.15) is 0 Å². The number of anilines is 6. The number of ether oxygens (including phenoxy) is 1. The van der Waals surface area contributed by atoms with Gasteiger partial charge >= 0.3 is 11.9 Å². The molecule has 5 aromatic carbocycles. The van der Waals surface area contributed by atoms with Crippen molar-refractivity contribution in [3.8, 4) is 0 Å². The molecule has 6 N–H and O–H groups in total. The molecule has 8 rings (SSSR count). The first-order valence-corrected chi connectivity index (χ1v) is 32.2. The van der Waals surface area contributed by atoms with Crippen molar-refractivity contribution in [2.24, 2.45) is 0 Å². The number of hydrogen-bond acceptors (Lipinski definition) is 12. The SMILES string of the molecule is CCOC(=O)CCCBr.CCc1ccc(N)cc1N1CCCC1=O.CCc1ccc([N+](=O)[O-])cc1N1CCCC1=O.CCc1ccccc1N.CCc1ccccc1N1CCCC1=O.CCc1ccccc1NCCCC(=O)O.O=S(Cl)Cl.[HH]. The fourth-order valence-corrected chi connectivity index (χ4v) is 9.17. The number of hydrogen-bond donors (Lipinski definition) is 4. The largest absolute Gasteiger partial charge is 0.481 e. The number of alkyl halides is 1. The minimum Gasteiger partial charge on any atom is -0.481 e. The zero-order valence-electron chi connectivity index (χ0n) is 48.8. The highest BCUT2D eigenvalue weighted by Crippen LogP contribution is 2.31. The predicted octanol–water partition coefficient (Wildman–Crippen LogP) is 14.0. The van der Waals surface area contributed by atoms with Crippen LogP contribution in [-0.2, 0) is 70.0 Å². The molecular weight excluding hydrogens is 1190 g/mol. The van der Waals surface area contributed by atoms with Crippen LogP contribution in [0.15, 0.2) is 109 Å². The fourth-order valence-electron chi connectivity index (χ4n) is 8.89. The molecule has 83 heavy (non-hydrogen) atoms. The van der Waals surface area contributed by atoms with E-state index in [1.54, 1.807) is 11.0 Å². The van der Waals surface area contributed by atoms with Crippen LogP contribution < -0.4 is 31.5 Å². The number of esters is 1. The first kappa shape index (κ1) is 72.6. The van der Waals surface area contributed by atoms with Gasteiger partial charge in [0.05, 0.1) is 17.2 Å². The Morgan fingerprint density at radius 2 is 1.10 bits per heavy atom. The number of nitrogen functional groups attached to an aromatic ring is 2. The highest BCUT2D eigenvalue weighted by molar-refractivity contribution is 9.09. The fraction of sp³-hybridized carbons (Fsp3) is 0.435. The lowest BCUT2D eigenvalue weighted by atomic mass is 10.1. The van der Waals surface area contributed by atoms with E-state index in [1.807, 2.05) is 96.4 Å². The summed E-state index contributed by atoms with van der Waals surface area (Å²) < 4.78 is 13.8. The quantitative estimate of drug-likeness (QED) is 0.0121. The van der Waals surface area contributed by atoms with E-state index in [2.05, 4.69) is 93.2 Å². The normalized spacial score (nSPS) is 13.0. The van der Waals surface area contributed by atoms with Gasteiger partial charge in [0.15, 0.2) is 0 Å². The lowest BCUT2D eigenvalue weighted by Gasteiger charge is -2.19. The van der Waals surface area contributed by atoms with Crippen molar-refractivity contribution in [2.45, 2.75) is 138 Å². The number of nitrogens with zero attached hydrogens (tertiary/aromatic N) is 4. The summed E-state index contributed by atoms with van der Waals surface area (Å²) in [5.41, 5.74) is 22.9. The molecular formula is C62H86BrCl2N7O10S. The Kier molecular flexibility index (Phi) is 36.2. The number of amides is 3. The number of para-hydroxylation sites is 3. The number of nitrogens with one attached hydrogen (secondary N) is 1. The molecule has 0 bridgehead atoms. The molecule has 0 spiro atoms. The number of nitro benzene ring substituents is 1. The van der Waals surface area contributed by atoms with E-state index in [-0.39, 0.29) is 37.2 Å². The molecule has 17 nitrogen and oxygen atoms in total. The summed E-state index contributed by atoms with van der Waals surface area (Å²) in [6.45, 7) is 15.8. The van der Waals surface area contributed by atoms with Gasteiger partial charge in [0.2, 0.25) is 26.9 Å². The molecule has 0 aromatic heterocycles. The average molecular weight is 1270 g/mol. The van der Waals surface area contributed by atoms with Gasteiger partial charge in [0.25, 0.3) is 5.69 Å². The molecule has 21 heteroatoms. The number of aliphatic carboxylic acids is 1. The minimum absolute atomic E-state index is 0. The van der Waals surface area contributed by atoms with Crippen LogP contribution in [0.5, 0.6) is 0 Å². The third kappa shape index (κ3) is 27.2. The highest BCUT2D eigenvalue weighted by atomic mass is 79.9. The van der Waals surface area contributed by atoms with Gasteiger partial charge in [0.1, 0.15) is 0 Å². The van der Waals surface area contributed by atoms with Crippen molar-refractivity contribution in [3.05, 3.63) is 147 Å². The van der Waals surface area contributed by atoms with Crippen LogP contribution in [-0.4, -0.2) is 82.0 Å². The molecule has 0 unspecified atom stereocenters. The molecule has 0 saturated carbocycles. The van der Waals surface area contributed by atoms with Crippen molar-refractivity contribution < 1.29 is 44.4 Å². The number of carboxylic acids is 1. The number of non-ortho nitro benzene ring substituents is 1. The third-order valence-electron chi connectivity index (χ3n) is 13.2. The number of benzene rings is 5. The first-order chi connectivity index (χ1) is 39.8. The van der Waals surface area contributed by atoms with Gasteiger partial charge < -0.3 is 41.3 Å². The van der Waals surface area contributed by atoms with Crippen LogP contribution in [0.1, 0.15) is 135 Å². The van der Waals surface area contributed by atoms with E-state index in [1.165, 1.54) is 34.4 Å². The second kappa shape index (κ2) is 41.5. The number of halogens is 3. The Hall–Kier alpha value is -6.54. The monoisotopic (exact) mass is 1270 g/mol. The second-order valence-electron chi connectivity index (χ2n) is 18.9. The standard InChI is InChI=1S/C12H14N2O3.C12H16N2O.C12H17NO2.C12H15NO.C8H11N.C6H11BrO2.Cl2OS.H2/c1-2-9-5-6-10(14(16)17)8-11(9)13-7-3-4-12(13)15;1-2-9-5-6-10(13)8-11(9)14-7-3-4-12(14)15;1-2-10-6-3-4-7-11(10)13-9-5-8-12(14)15;1-2-10-6-3-4-7-11(10)13-9-5-8-12(13)14;1-2-7-5-3-4-6-8(7)9;1-2-9-6(8)4-3-5-7;1-4(2)3;/h5-6,8H,2-4,7H2,1H3;5-6,8H,2-4,7,13H2,1H3;3-4,6-7,13H,2,5,8-9H2,1H3,(H,14,15);3-4,6-7H,2,5,8-9H2,1H3;3-6H,2,9H2,1H3;2-5H2,1H3;;1H. The summed E-state index contributed by atoms with van der Waals surface area (Å²) in [4.78, 5) is 71.5. The molecule has 0 radical (unpaired) electrons. The Balaban J connectivity index is 0.000000502. The van der Waals surface area contributed by atoms with Crippen molar-refractivity contribution in [1.82, 2.24) is 0 Å². The molecule has 3 amide bonds. The Morgan fingerprint density at radius 3 is 1.54 bits per heavy atom. The summed E-state index contributed by atoms with van der Waals surface area (Å²) in [7, 11) is 7.36. The van der Waals surface area contributed by atoms with E-state index in [0.717, 1.165) is 110 Å². The predicted molar refractivity (Wildman–Crippen MR) is 346 cm³/mol. The molecule has 0 atom stereocenters. The highest BCUT2D eigenvalue weighted by Gasteiger charge is 2.26. The lowest BCUT2D eigenvalue weighted by molar-refractivity contribution is -0.384. The first-order valence-electron chi connectivity index (χ1n) is 28.3. The maximum absolute atomic E-state index is 11.7. The average Bonchev–Trinajstić information content (AvgIpc) is 4.30. The van der Waals surface area contributed by atoms with E-state index in [9.17, 15) is 34.1 Å².